The molecule has 13 nitrogen and oxygen atoms in total. The average molecular weight is 579 g/mol. The zero-order chi connectivity index (χ0) is 29.8. The highest BCUT2D eigenvalue weighted by molar-refractivity contribution is 7.92. The van der Waals surface area contributed by atoms with Crippen molar-refractivity contribution in [2.45, 2.75) is 44.3 Å². The minimum atomic E-state index is -5.08. The number of alkyl halides is 3. The summed E-state index contributed by atoms with van der Waals surface area (Å²) in [6.07, 6.45) is -3.29. The van der Waals surface area contributed by atoms with E-state index in [-0.39, 0.29) is 36.2 Å². The second-order valence-electron chi connectivity index (χ2n) is 7.80. The van der Waals surface area contributed by atoms with Crippen LogP contribution in [0.1, 0.15) is 24.6 Å². The van der Waals surface area contributed by atoms with Gasteiger partial charge < -0.3 is 20.7 Å². The number of nitrogens with two attached hydrogens (primary N) is 1. The zero-order valence-electron chi connectivity index (χ0n) is 21.0. The molecule has 0 aliphatic carbocycles. The number of sulfonamides is 1. The largest absolute Gasteiger partial charge is 0.490 e. The summed E-state index contributed by atoms with van der Waals surface area (Å²) in [5, 5.41) is 16.6. The zero-order valence-corrected chi connectivity index (χ0v) is 21.8. The topological polar surface area (TPSA) is 206 Å². The van der Waals surface area contributed by atoms with Gasteiger partial charge in [0.15, 0.2) is 0 Å². The van der Waals surface area contributed by atoms with Crippen LogP contribution < -0.4 is 26.8 Å². The fourth-order valence-electron chi connectivity index (χ4n) is 2.84. The van der Waals surface area contributed by atoms with Crippen LogP contribution in [0.15, 0.2) is 46.1 Å². The Bertz CT molecular complexity index is 1310. The monoisotopic (exact) mass is 578 g/mol. The first-order valence-corrected chi connectivity index (χ1v) is 12.7. The van der Waals surface area contributed by atoms with Crippen molar-refractivity contribution >= 4 is 33.5 Å². The molecular weight excluding hydrogens is 549 g/mol. The first kappa shape index (κ1) is 32.9. The molecule has 17 heteroatoms. The Morgan fingerprint density at radius 1 is 1.15 bits per heavy atom. The predicted octanol–water partition coefficient (Wildman–Crippen LogP) is 1.07. The van der Waals surface area contributed by atoms with E-state index in [0.29, 0.717) is 5.69 Å². The predicted molar refractivity (Wildman–Crippen MR) is 134 cm³/mol. The van der Waals surface area contributed by atoms with Gasteiger partial charge in [-0.05, 0) is 43.2 Å². The molecule has 0 atom stereocenters. The lowest BCUT2D eigenvalue weighted by molar-refractivity contribution is -0.192. The molecule has 0 fully saturated rings. The molecule has 1 aromatic carbocycles. The van der Waals surface area contributed by atoms with E-state index < -0.39 is 33.6 Å². The molecule has 2 aromatic rings. The van der Waals surface area contributed by atoms with Crippen LogP contribution >= 0.6 is 0 Å². The number of rotatable bonds is 11. The maximum atomic E-state index is 12.8. The molecule has 0 aliphatic rings. The summed E-state index contributed by atoms with van der Waals surface area (Å²) in [6, 6.07) is 9.40. The number of aryl methyl sites for hydroxylation is 2. The summed E-state index contributed by atoms with van der Waals surface area (Å²) in [4.78, 5) is 38.7. The Kier molecular flexibility index (Phi) is 12.4. The molecule has 0 saturated carbocycles. The number of aromatic nitrogens is 1. The van der Waals surface area contributed by atoms with E-state index in [9.17, 15) is 31.2 Å². The minimum Gasteiger partial charge on any atom is -0.475 e. The normalized spacial score (nSPS) is 11.1. The first-order valence-electron chi connectivity index (χ1n) is 11.2. The van der Waals surface area contributed by atoms with Gasteiger partial charge in [0.25, 0.3) is 15.6 Å². The van der Waals surface area contributed by atoms with E-state index in [1.54, 1.807) is 25.1 Å². The number of carbonyl (C=O) groups is 2. The van der Waals surface area contributed by atoms with Crippen molar-refractivity contribution in [1.29, 1.82) is 5.41 Å². The lowest BCUT2D eigenvalue weighted by Crippen LogP contribution is -2.37. The third-order valence-electron chi connectivity index (χ3n) is 4.66. The van der Waals surface area contributed by atoms with E-state index >= 15 is 0 Å². The second-order valence-corrected chi connectivity index (χ2v) is 9.48. The molecule has 7 N–H and O–H groups in total. The third kappa shape index (κ3) is 11.4. The van der Waals surface area contributed by atoms with Crippen molar-refractivity contribution in [2.75, 3.05) is 17.9 Å². The Hall–Kier alpha value is -4.12. The van der Waals surface area contributed by atoms with Gasteiger partial charge in [-0.25, -0.2) is 18.7 Å². The van der Waals surface area contributed by atoms with Crippen LogP contribution in [0.4, 0.5) is 18.9 Å². The summed E-state index contributed by atoms with van der Waals surface area (Å²) in [6.45, 7) is 3.54. The molecule has 1 amide bonds. The number of hydrogen-bond acceptors (Lipinski definition) is 7. The van der Waals surface area contributed by atoms with Crippen LogP contribution in [0.2, 0.25) is 0 Å². The molecule has 0 bridgehead atoms. The number of hydroxylamine groups is 1. The number of aliphatic carboxylic acids is 1. The molecule has 1 heterocycles. The van der Waals surface area contributed by atoms with Crippen molar-refractivity contribution < 1.29 is 41.1 Å². The van der Waals surface area contributed by atoms with Gasteiger partial charge in [-0.1, -0.05) is 25.5 Å². The number of nitrogens with zero attached hydrogens (tertiary/aromatic N) is 1. The number of carboxylic acid groups (broad SMARTS) is 1. The molecule has 2 rings (SSSR count). The molecule has 39 heavy (non-hydrogen) atoms. The Labute approximate surface area is 221 Å². The van der Waals surface area contributed by atoms with E-state index in [0.717, 1.165) is 18.4 Å². The third-order valence-corrected chi connectivity index (χ3v) is 6.04. The van der Waals surface area contributed by atoms with Crippen LogP contribution in [-0.2, 0) is 37.4 Å². The molecule has 1 aromatic heterocycles. The number of amides is 1. The number of hydrogen-bond donors (Lipinski definition) is 6. The van der Waals surface area contributed by atoms with Gasteiger partial charge in [-0.2, -0.15) is 13.2 Å². The molecule has 216 valence electrons. The Morgan fingerprint density at radius 2 is 1.74 bits per heavy atom. The van der Waals surface area contributed by atoms with Gasteiger partial charge in [-0.3, -0.25) is 24.6 Å². The molecule has 0 unspecified atom stereocenters. The fraction of sp³-hybridized carbons (Fsp3) is 0.364. The Morgan fingerprint density at radius 3 is 2.26 bits per heavy atom. The summed E-state index contributed by atoms with van der Waals surface area (Å²) in [5.41, 5.74) is 7.91. The summed E-state index contributed by atoms with van der Waals surface area (Å²) in [5.74, 6) is -3.59. The van der Waals surface area contributed by atoms with Crippen molar-refractivity contribution in [3.05, 3.63) is 58.0 Å². The number of pyridine rings is 1. The van der Waals surface area contributed by atoms with Crippen LogP contribution in [-0.4, -0.2) is 55.3 Å². The van der Waals surface area contributed by atoms with Crippen molar-refractivity contribution in [1.82, 2.24) is 15.4 Å². The van der Waals surface area contributed by atoms with Crippen LogP contribution in [0.3, 0.4) is 0 Å². The first-order chi connectivity index (χ1) is 18.1. The van der Waals surface area contributed by atoms with Gasteiger partial charge in [0.2, 0.25) is 11.9 Å². The number of nitrogens with one attached hydrogen (secondary N) is 4. The van der Waals surface area contributed by atoms with Crippen molar-refractivity contribution in [3.63, 3.8) is 0 Å². The molecule has 0 aliphatic heterocycles. The average Bonchev–Trinajstić information content (AvgIpc) is 2.83. The van der Waals surface area contributed by atoms with Gasteiger partial charge in [0, 0.05) is 12.2 Å². The van der Waals surface area contributed by atoms with Crippen LogP contribution in [0, 0.1) is 12.3 Å². The highest BCUT2D eigenvalue weighted by Gasteiger charge is 2.38. The van der Waals surface area contributed by atoms with Crippen molar-refractivity contribution in [3.8, 4) is 0 Å². The molecule has 0 spiro atoms. The second kappa shape index (κ2) is 14.7. The lowest BCUT2D eigenvalue weighted by Gasteiger charge is -2.14. The SMILES string of the molecule is CCCc1ccc(S(=O)(=O)Nc2ccc(C)n(CC(=O)NCCONC(=N)N)c2=O)cc1.O=C(O)C(F)(F)F. The van der Waals surface area contributed by atoms with E-state index in [2.05, 4.69) is 15.5 Å². The number of carbonyl (C=O) groups excluding carboxylic acids is 1. The standard InChI is InChI=1S/C20H28N6O5S.C2HF3O2/c1-3-4-15-6-8-16(9-7-15)32(29,30)25-17-10-5-14(2)26(19(17)28)13-18(27)23-11-12-31-24-20(21)22;3-2(4,5)1(6)7/h5-10,25H,3-4,11-13H2,1-2H3,(H,23,27)(H4,21,22,24);(H,6,7). The Balaban J connectivity index is 0.000000956. The molecular formula is C22H29F3N6O7S. The summed E-state index contributed by atoms with van der Waals surface area (Å²) >= 11 is 0. The number of carboxylic acids is 1. The van der Waals surface area contributed by atoms with Crippen LogP contribution in [0.5, 0.6) is 0 Å². The maximum absolute atomic E-state index is 12.8. The number of halogens is 3. The number of benzene rings is 1. The van der Waals surface area contributed by atoms with Gasteiger partial charge in [0.1, 0.15) is 12.2 Å². The van der Waals surface area contributed by atoms with E-state index in [1.165, 1.54) is 22.8 Å². The smallest absolute Gasteiger partial charge is 0.475 e. The van der Waals surface area contributed by atoms with Crippen LogP contribution in [0.25, 0.3) is 0 Å². The van der Waals surface area contributed by atoms with E-state index in [4.69, 9.17) is 25.9 Å². The fourth-order valence-corrected chi connectivity index (χ4v) is 3.90. The number of anilines is 1. The lowest BCUT2D eigenvalue weighted by atomic mass is 10.1. The van der Waals surface area contributed by atoms with Gasteiger partial charge in [0.05, 0.1) is 11.5 Å². The quantitative estimate of drug-likeness (QED) is 0.0975. The minimum absolute atomic E-state index is 0.0424. The highest BCUT2D eigenvalue weighted by atomic mass is 32.2. The number of guanidine groups is 1. The highest BCUT2D eigenvalue weighted by Crippen LogP contribution is 2.16. The van der Waals surface area contributed by atoms with Gasteiger partial charge >= 0.3 is 12.1 Å². The maximum Gasteiger partial charge on any atom is 0.490 e. The summed E-state index contributed by atoms with van der Waals surface area (Å²) < 4.78 is 60.6. The molecule has 0 saturated heterocycles. The van der Waals surface area contributed by atoms with Crippen molar-refractivity contribution in [2.24, 2.45) is 5.73 Å². The summed E-state index contributed by atoms with van der Waals surface area (Å²) in [7, 11) is -3.97. The molecule has 0 radical (unpaired) electrons. The van der Waals surface area contributed by atoms with Gasteiger partial charge in [-0.15, -0.1) is 0 Å². The van der Waals surface area contributed by atoms with E-state index in [1.807, 2.05) is 6.92 Å².